The predicted octanol–water partition coefficient (Wildman–Crippen LogP) is 11.8. The van der Waals surface area contributed by atoms with Crippen LogP contribution in [0.3, 0.4) is 0 Å². The summed E-state index contributed by atoms with van der Waals surface area (Å²) < 4.78 is 5.01. The minimum absolute atomic E-state index is 0.255. The van der Waals surface area contributed by atoms with Crippen molar-refractivity contribution in [3.8, 4) is 5.69 Å². The van der Waals surface area contributed by atoms with Crippen LogP contribution in [-0.2, 0) is 0 Å². The molecule has 3 aliphatic rings. The highest BCUT2D eigenvalue weighted by Crippen LogP contribution is 2.50. The van der Waals surface area contributed by atoms with E-state index >= 15 is 0 Å². The van der Waals surface area contributed by atoms with Crippen LogP contribution < -0.4 is 4.90 Å². The van der Waals surface area contributed by atoms with Crippen molar-refractivity contribution in [1.82, 2.24) is 9.13 Å². The Labute approximate surface area is 297 Å². The molecule has 0 amide bonds. The molecule has 51 heavy (non-hydrogen) atoms. The van der Waals surface area contributed by atoms with Crippen LogP contribution in [0.5, 0.6) is 0 Å². The third-order valence-corrected chi connectivity index (χ3v) is 11.9. The maximum atomic E-state index is 2.79. The summed E-state index contributed by atoms with van der Waals surface area (Å²) in [4.78, 5) is 2.79. The van der Waals surface area contributed by atoms with Crippen molar-refractivity contribution in [3.63, 3.8) is 0 Å². The van der Waals surface area contributed by atoms with Crippen LogP contribution in [0.1, 0.15) is 35.8 Å². The number of allylic oxidation sites excluding steroid dienone is 3. The molecule has 3 nitrogen and oxygen atoms in total. The second kappa shape index (κ2) is 11.2. The van der Waals surface area contributed by atoms with Crippen molar-refractivity contribution in [2.75, 3.05) is 4.90 Å². The number of benzene rings is 6. The van der Waals surface area contributed by atoms with Gasteiger partial charge in [-0.05, 0) is 60.0 Å². The first-order valence-electron chi connectivity index (χ1n) is 18.3. The normalized spacial score (nSPS) is 21.1. The highest BCUT2D eigenvalue weighted by molar-refractivity contribution is 6.10. The molecule has 2 aromatic heterocycles. The lowest BCUT2D eigenvalue weighted by atomic mass is 9.80. The molecule has 4 atom stereocenters. The van der Waals surface area contributed by atoms with Gasteiger partial charge in [-0.3, -0.25) is 0 Å². The molecule has 0 N–H and O–H groups in total. The van der Waals surface area contributed by atoms with Crippen LogP contribution in [0.2, 0.25) is 0 Å². The quantitative estimate of drug-likeness (QED) is 0.184. The fraction of sp³-hybridized carbons (Fsp3) is 0.125. The van der Waals surface area contributed by atoms with Crippen LogP contribution in [0.15, 0.2) is 176 Å². The largest absolute Gasteiger partial charge is 0.360 e. The van der Waals surface area contributed by atoms with Gasteiger partial charge < -0.3 is 14.0 Å². The van der Waals surface area contributed by atoms with Gasteiger partial charge in [-0.2, -0.15) is 0 Å². The second-order valence-electron chi connectivity index (χ2n) is 14.4. The van der Waals surface area contributed by atoms with E-state index < -0.39 is 0 Å². The Morgan fingerprint density at radius 2 is 1.08 bits per heavy atom. The average molecular weight is 656 g/mol. The number of nitrogens with zero attached hydrogens (tertiary/aromatic N) is 3. The van der Waals surface area contributed by atoms with Gasteiger partial charge in [0.05, 0.1) is 28.1 Å². The van der Waals surface area contributed by atoms with Gasteiger partial charge in [0.2, 0.25) is 0 Å². The molecule has 0 spiro atoms. The van der Waals surface area contributed by atoms with Crippen molar-refractivity contribution in [2.45, 2.75) is 36.8 Å². The Morgan fingerprint density at radius 3 is 1.75 bits per heavy atom. The van der Waals surface area contributed by atoms with Crippen LogP contribution in [0.4, 0.5) is 5.69 Å². The molecule has 0 radical (unpaired) electrons. The van der Waals surface area contributed by atoms with Gasteiger partial charge in [-0.25, -0.2) is 0 Å². The smallest absolute Gasteiger partial charge is 0.0583 e. The molecule has 244 valence electrons. The number of hydrogen-bond acceptors (Lipinski definition) is 1. The van der Waals surface area contributed by atoms with Gasteiger partial charge >= 0.3 is 0 Å². The fourth-order valence-corrected chi connectivity index (χ4v) is 9.73. The summed E-state index contributed by atoms with van der Waals surface area (Å²) in [5, 5.41) is 5.23. The first-order chi connectivity index (χ1) is 25.3. The molecule has 8 aromatic rings. The van der Waals surface area contributed by atoms with E-state index in [0.29, 0.717) is 11.8 Å². The van der Waals surface area contributed by atoms with Crippen molar-refractivity contribution in [1.29, 1.82) is 0 Å². The van der Waals surface area contributed by atoms with Gasteiger partial charge in [-0.1, -0.05) is 134 Å². The minimum atomic E-state index is 0.255. The highest BCUT2D eigenvalue weighted by Gasteiger charge is 2.44. The van der Waals surface area contributed by atoms with Crippen LogP contribution in [0.25, 0.3) is 55.0 Å². The summed E-state index contributed by atoms with van der Waals surface area (Å²) in [6.07, 6.45) is 13.8. The Balaban J connectivity index is 1.10. The van der Waals surface area contributed by atoms with Crippen LogP contribution in [0, 0.1) is 0 Å². The van der Waals surface area contributed by atoms with Crippen molar-refractivity contribution in [2.24, 2.45) is 0 Å². The molecule has 4 unspecified atom stereocenters. The third kappa shape index (κ3) is 4.24. The maximum Gasteiger partial charge on any atom is 0.0583 e. The highest BCUT2D eigenvalue weighted by atomic mass is 15.2. The van der Waals surface area contributed by atoms with Crippen LogP contribution >= 0.6 is 0 Å². The molecule has 0 bridgehead atoms. The zero-order valence-corrected chi connectivity index (χ0v) is 28.3. The van der Waals surface area contributed by atoms with E-state index in [9.17, 15) is 0 Å². The summed E-state index contributed by atoms with van der Waals surface area (Å²) in [5.74, 6) is 0.666. The number of hydrogen-bond donors (Lipinski definition) is 0. The monoisotopic (exact) mass is 655 g/mol. The van der Waals surface area contributed by atoms with E-state index in [4.69, 9.17) is 0 Å². The number of aromatic nitrogens is 2. The number of fused-ring (bicyclic) bond motifs is 9. The number of rotatable bonds is 4. The van der Waals surface area contributed by atoms with Gasteiger partial charge in [-0.15, -0.1) is 0 Å². The average Bonchev–Trinajstić information content (AvgIpc) is 3.84. The number of anilines is 1. The molecule has 0 saturated heterocycles. The summed E-state index contributed by atoms with van der Waals surface area (Å²) in [6.45, 7) is 0. The minimum Gasteiger partial charge on any atom is -0.360 e. The topological polar surface area (TPSA) is 13.1 Å². The van der Waals surface area contributed by atoms with E-state index in [1.54, 1.807) is 0 Å². The molecule has 0 fully saturated rings. The molecule has 6 aromatic carbocycles. The second-order valence-corrected chi connectivity index (χ2v) is 14.4. The molecule has 11 rings (SSSR count). The predicted molar refractivity (Wildman–Crippen MR) is 214 cm³/mol. The van der Waals surface area contributed by atoms with Gasteiger partial charge in [0.15, 0.2) is 0 Å². The van der Waals surface area contributed by atoms with Crippen molar-refractivity contribution in [3.05, 3.63) is 187 Å². The lowest BCUT2D eigenvalue weighted by Crippen LogP contribution is -2.46. The lowest BCUT2D eigenvalue weighted by Gasteiger charge is -2.43. The van der Waals surface area contributed by atoms with Crippen molar-refractivity contribution < 1.29 is 0 Å². The first-order valence-corrected chi connectivity index (χ1v) is 18.3. The van der Waals surface area contributed by atoms with Gasteiger partial charge in [0, 0.05) is 62.9 Å². The van der Waals surface area contributed by atoms with Crippen LogP contribution in [-0.4, -0.2) is 21.2 Å². The van der Waals surface area contributed by atoms with Gasteiger partial charge in [0.1, 0.15) is 0 Å². The van der Waals surface area contributed by atoms with Crippen molar-refractivity contribution >= 4 is 55.0 Å². The Morgan fingerprint density at radius 1 is 0.510 bits per heavy atom. The molecule has 1 aliphatic heterocycles. The summed E-state index contributed by atoms with van der Waals surface area (Å²) in [5.41, 5.74) is 11.9. The zero-order valence-electron chi connectivity index (χ0n) is 28.3. The molecule has 0 saturated carbocycles. The Kier molecular flexibility index (Phi) is 6.33. The standard InChI is InChI=1S/C48H37N3/c1-7-22-42-36(16-1)37-17-2-8-23-43(37)49(42)33-15-13-14-32(30-33)35-29-28-34(50-44-24-9-3-18-38(44)39-19-4-10-25-45(39)50)31-48(35)51-46-26-11-5-20-40(46)41-21-6-12-27-47(41)51/h1-28,30,35,40,46,48H,29,31H2. The molecular weight excluding hydrogens is 619 g/mol. The maximum absolute atomic E-state index is 2.79. The van der Waals surface area contributed by atoms with E-state index in [1.165, 1.54) is 71.8 Å². The molecule has 3 heterocycles. The Bertz CT molecular complexity index is 2650. The van der Waals surface area contributed by atoms with E-state index in [1.807, 2.05) is 0 Å². The molecule has 3 heteroatoms. The first kappa shape index (κ1) is 28.7. The SMILES string of the molecule is C1=CC2c3ccccc3N(C3CC(n4c5ccccc5c5ccccc54)=CCC3c3cccc(-n4c5ccccc5c5ccccc54)c3)C2C=C1. The van der Waals surface area contributed by atoms with Gasteiger partial charge in [0.25, 0.3) is 0 Å². The molecule has 2 aliphatic carbocycles. The third-order valence-electron chi connectivity index (χ3n) is 11.9. The molecular formula is C48H37N3. The zero-order chi connectivity index (χ0) is 33.5. The van der Waals surface area contributed by atoms with E-state index in [-0.39, 0.29) is 12.1 Å². The summed E-state index contributed by atoms with van der Waals surface area (Å²) in [7, 11) is 0. The summed E-state index contributed by atoms with van der Waals surface area (Å²) in [6, 6.07) is 54.6. The Hall–Kier alpha value is -6.06. The van der Waals surface area contributed by atoms with E-state index in [0.717, 1.165) is 12.8 Å². The fourth-order valence-electron chi connectivity index (χ4n) is 9.73. The number of para-hydroxylation sites is 5. The lowest BCUT2D eigenvalue weighted by molar-refractivity contribution is 0.458. The van der Waals surface area contributed by atoms with E-state index in [2.05, 4.69) is 190 Å². The summed E-state index contributed by atoms with van der Waals surface area (Å²) >= 11 is 0.